The number of hydrogen-bond donors (Lipinski definition) is 1. The molecule has 0 unspecified atom stereocenters. The zero-order valence-electron chi connectivity index (χ0n) is 34.4. The van der Waals surface area contributed by atoms with Gasteiger partial charge in [0.2, 0.25) is 0 Å². The van der Waals surface area contributed by atoms with Crippen LogP contribution < -0.4 is 9.55 Å². The van der Waals surface area contributed by atoms with Crippen LogP contribution >= 0.6 is 0 Å². The molecule has 0 amide bonds. The number of aryl methyl sites for hydroxylation is 3. The van der Waals surface area contributed by atoms with Crippen molar-refractivity contribution in [1.82, 2.24) is 9.97 Å². The third-order valence-electron chi connectivity index (χ3n) is 12.1. The third kappa shape index (κ3) is 6.51. The van der Waals surface area contributed by atoms with Crippen LogP contribution in [-0.2, 0) is 21.1 Å². The number of aromatic hydroxyl groups is 1. The van der Waals surface area contributed by atoms with Gasteiger partial charge in [0.25, 0.3) is 0 Å². The summed E-state index contributed by atoms with van der Waals surface area (Å²) in [5, 5.41) is 11.3. The Balaban J connectivity index is 0.00000458. The average molecular weight is 978 g/mol. The molecule has 0 radical (unpaired) electrons. The van der Waals surface area contributed by atoms with Crippen molar-refractivity contribution >= 4 is 11.0 Å². The second kappa shape index (κ2) is 15.7. The van der Waals surface area contributed by atoms with Gasteiger partial charge in [-0.05, 0) is 124 Å². The van der Waals surface area contributed by atoms with Crippen molar-refractivity contribution < 1.29 is 30.7 Å². The molecule has 1 aliphatic rings. The average Bonchev–Trinajstić information content (AvgIpc) is 3.67. The van der Waals surface area contributed by atoms with Crippen molar-refractivity contribution in [2.45, 2.75) is 20.8 Å². The van der Waals surface area contributed by atoms with Gasteiger partial charge >= 0.3 is 21.1 Å². The first kappa shape index (κ1) is 39.0. The van der Waals surface area contributed by atoms with E-state index in [0.717, 1.165) is 61.5 Å². The molecule has 8 aromatic carbocycles. The van der Waals surface area contributed by atoms with E-state index in [4.69, 9.17) is 9.97 Å². The van der Waals surface area contributed by atoms with Crippen molar-refractivity contribution in [3.05, 3.63) is 205 Å². The van der Waals surface area contributed by atoms with Crippen molar-refractivity contribution in [2.24, 2.45) is 0 Å². The van der Waals surface area contributed by atoms with Crippen LogP contribution in [-0.4, -0.2) is 10.1 Å². The summed E-state index contributed by atoms with van der Waals surface area (Å²) in [7, 11) is 0. The fraction of sp³-hybridized carbons (Fsp3) is 0.0526. The first-order valence-electron chi connectivity index (χ1n) is 20.7. The molecule has 5 heteroatoms. The molecule has 0 atom stereocenters. The summed E-state index contributed by atoms with van der Waals surface area (Å²) in [6.45, 7) is 6.41. The molecule has 0 aliphatic heterocycles. The first-order valence-corrected chi connectivity index (χ1v) is 20.7. The Kier molecular flexibility index (Phi) is 9.90. The van der Waals surface area contributed by atoms with Crippen LogP contribution in [0.2, 0.25) is 0 Å². The van der Waals surface area contributed by atoms with Crippen LogP contribution in [0.3, 0.4) is 0 Å². The van der Waals surface area contributed by atoms with E-state index >= 15 is 0 Å². The summed E-state index contributed by atoms with van der Waals surface area (Å²) in [6, 6.07) is 67.2. The molecule has 10 aromatic rings. The number of aromatic nitrogens is 3. The monoisotopic (exact) mass is 977 g/mol. The van der Waals surface area contributed by atoms with Gasteiger partial charge in [-0.2, -0.15) is 0 Å². The fourth-order valence-electron chi connectivity index (χ4n) is 9.47. The minimum atomic E-state index is 0. The van der Waals surface area contributed by atoms with Gasteiger partial charge in [0.1, 0.15) is 11.6 Å². The quantitative estimate of drug-likeness (QED) is 0.138. The van der Waals surface area contributed by atoms with E-state index in [0.29, 0.717) is 11.4 Å². The number of para-hydroxylation sites is 2. The van der Waals surface area contributed by atoms with Crippen LogP contribution in [0, 0.1) is 26.8 Å². The number of phenolic OH excluding ortho intramolecular Hbond substituents is 1. The van der Waals surface area contributed by atoms with E-state index in [-0.39, 0.29) is 26.8 Å². The summed E-state index contributed by atoms with van der Waals surface area (Å²) >= 11 is 0. The second-order valence-corrected chi connectivity index (χ2v) is 16.0. The Bertz CT molecular complexity index is 3340. The van der Waals surface area contributed by atoms with Crippen molar-refractivity contribution in [1.29, 1.82) is 0 Å². The fourth-order valence-corrected chi connectivity index (χ4v) is 9.47. The Labute approximate surface area is 376 Å². The van der Waals surface area contributed by atoms with E-state index < -0.39 is 0 Å². The molecule has 298 valence electrons. The topological polar surface area (TPSA) is 51.1 Å². The zero-order chi connectivity index (χ0) is 41.2. The molecular weight excluding hydrogens is 938 g/mol. The molecule has 2 aromatic heterocycles. The standard InChI is InChI=1S/C57H40N3O.Pt/c1-35-30-36(2)56(37(3)31-35)60-53-26-15-25-48(55(53)59-57(60)49-24-13-14-27-54(49)61)52-34-40(33-51(58-52)38-16-5-4-6-17-38)39-28-29-47-45-22-10-9-20-43(45)41-18-7-8-19-42(41)44-21-11-12-23-46(44)50(47)32-39;/h4-16,18-34H,1-3H3,(H,58,59,61);/q-1;+2. The summed E-state index contributed by atoms with van der Waals surface area (Å²) < 4.78 is 2.20. The van der Waals surface area contributed by atoms with Crippen molar-refractivity contribution in [3.63, 3.8) is 0 Å². The number of rotatable bonds is 5. The summed E-state index contributed by atoms with van der Waals surface area (Å²) in [4.78, 5) is 10.8. The molecule has 11 rings (SSSR count). The van der Waals surface area contributed by atoms with E-state index in [9.17, 15) is 5.11 Å². The SMILES string of the molecule is Cc1cc(C)c(-[n+]2c(-c3ccccc3O)[n-]c3c(-c4cc(-c5ccc6c(c5)-c5ccccc5-c5ccccc5-c5ccccc5-6)cc(-c5[c-]cccc5)n4)cccc32)c(C)c1.[Pt+2]. The van der Waals surface area contributed by atoms with Crippen LogP contribution in [0.25, 0.3) is 106 Å². The maximum absolute atomic E-state index is 11.3. The van der Waals surface area contributed by atoms with Gasteiger partial charge in [-0.25, -0.2) is 4.98 Å². The van der Waals surface area contributed by atoms with Crippen molar-refractivity contribution in [2.75, 3.05) is 0 Å². The maximum Gasteiger partial charge on any atom is 2.00 e. The molecule has 0 fully saturated rings. The summed E-state index contributed by atoms with van der Waals surface area (Å²) in [5.41, 5.74) is 22.1. The number of imidazole rings is 1. The molecule has 4 nitrogen and oxygen atoms in total. The minimum absolute atomic E-state index is 0. The Morgan fingerprint density at radius 1 is 0.484 bits per heavy atom. The molecule has 62 heavy (non-hydrogen) atoms. The summed E-state index contributed by atoms with van der Waals surface area (Å²) in [6.07, 6.45) is 0. The molecule has 2 heterocycles. The van der Waals surface area contributed by atoms with Gasteiger partial charge in [-0.15, -0.1) is 35.9 Å². The van der Waals surface area contributed by atoms with Gasteiger partial charge < -0.3 is 5.11 Å². The number of benzene rings is 8. The summed E-state index contributed by atoms with van der Waals surface area (Å²) in [5.74, 6) is 0.849. The number of fused-ring (bicyclic) bond motifs is 9. The molecule has 1 N–H and O–H groups in total. The van der Waals surface area contributed by atoms with E-state index in [1.54, 1.807) is 6.07 Å². The largest absolute Gasteiger partial charge is 2.00 e. The van der Waals surface area contributed by atoms with Gasteiger partial charge in [0.15, 0.2) is 0 Å². The molecule has 0 spiro atoms. The van der Waals surface area contributed by atoms with E-state index in [1.165, 1.54) is 50.1 Å². The smallest absolute Gasteiger partial charge is 0.507 e. The first-order chi connectivity index (χ1) is 29.9. The minimum Gasteiger partial charge on any atom is -0.507 e. The number of phenols is 1. The Morgan fingerprint density at radius 2 is 1.02 bits per heavy atom. The van der Waals surface area contributed by atoms with Crippen LogP contribution in [0.1, 0.15) is 16.7 Å². The predicted octanol–water partition coefficient (Wildman–Crippen LogP) is 13.5. The molecule has 0 saturated heterocycles. The Hall–Kier alpha value is -7.13. The number of nitrogens with zero attached hydrogens (tertiary/aromatic N) is 3. The van der Waals surface area contributed by atoms with Crippen LogP contribution in [0.4, 0.5) is 0 Å². The van der Waals surface area contributed by atoms with Gasteiger partial charge in [-0.3, -0.25) is 9.55 Å². The van der Waals surface area contributed by atoms with Crippen molar-refractivity contribution in [3.8, 4) is 101 Å². The van der Waals surface area contributed by atoms with Gasteiger partial charge in [-0.1, -0.05) is 133 Å². The van der Waals surface area contributed by atoms with Crippen LogP contribution in [0.15, 0.2) is 182 Å². The number of pyridine rings is 1. The van der Waals surface area contributed by atoms with E-state index in [2.05, 4.69) is 171 Å². The molecule has 1 aliphatic carbocycles. The zero-order valence-corrected chi connectivity index (χ0v) is 36.7. The molecule has 0 bridgehead atoms. The molecule has 0 saturated carbocycles. The molecular formula is C57H40N3OPt+. The normalized spacial score (nSPS) is 11.4. The van der Waals surface area contributed by atoms with Crippen LogP contribution in [0.5, 0.6) is 5.75 Å². The van der Waals surface area contributed by atoms with Gasteiger partial charge in [0.05, 0.1) is 28.0 Å². The maximum atomic E-state index is 11.3. The van der Waals surface area contributed by atoms with E-state index in [1.807, 2.05) is 36.4 Å². The van der Waals surface area contributed by atoms with Gasteiger partial charge in [0, 0.05) is 5.56 Å². The third-order valence-corrected chi connectivity index (χ3v) is 12.1. The predicted molar refractivity (Wildman–Crippen MR) is 248 cm³/mol. The second-order valence-electron chi connectivity index (χ2n) is 16.0. The number of hydrogen-bond acceptors (Lipinski definition) is 2. The Morgan fingerprint density at radius 3 is 1.61 bits per heavy atom.